The summed E-state index contributed by atoms with van der Waals surface area (Å²) in [6, 6.07) is 13.1. The highest BCUT2D eigenvalue weighted by Crippen LogP contribution is 2.25. The maximum absolute atomic E-state index is 12.4. The number of anilines is 1. The Balaban J connectivity index is 1.56. The molecule has 0 atom stereocenters. The molecule has 1 amide bonds. The highest BCUT2D eigenvalue weighted by atomic mass is 19.4. The van der Waals surface area contributed by atoms with E-state index in [0.29, 0.717) is 13.1 Å². The Hall–Kier alpha value is -3.23. The molecular weight excluding hydrogens is 373 g/mol. The zero-order chi connectivity index (χ0) is 20.1. The summed E-state index contributed by atoms with van der Waals surface area (Å²) < 4.78 is 40.7. The second-order valence-electron chi connectivity index (χ2n) is 6.24. The van der Waals surface area contributed by atoms with E-state index in [4.69, 9.17) is 5.73 Å². The van der Waals surface area contributed by atoms with Crippen LogP contribution in [0.25, 0.3) is 0 Å². The van der Waals surface area contributed by atoms with Gasteiger partial charge in [-0.05, 0) is 29.7 Å². The zero-order valence-electron chi connectivity index (χ0n) is 14.9. The summed E-state index contributed by atoms with van der Waals surface area (Å²) in [5.41, 5.74) is 8.35. The van der Waals surface area contributed by atoms with Crippen molar-refractivity contribution in [1.82, 2.24) is 4.90 Å². The summed E-state index contributed by atoms with van der Waals surface area (Å²) in [6.07, 6.45) is -4.00. The molecule has 0 spiro atoms. The van der Waals surface area contributed by atoms with Crippen molar-refractivity contribution in [2.24, 2.45) is 10.7 Å². The lowest BCUT2D eigenvalue weighted by Gasteiger charge is -2.28. The highest BCUT2D eigenvalue weighted by Gasteiger charge is 2.31. The molecule has 1 aliphatic rings. The average molecular weight is 392 g/mol. The Labute approximate surface area is 159 Å². The highest BCUT2D eigenvalue weighted by molar-refractivity contribution is 5.94. The molecule has 6 nitrogen and oxygen atoms in total. The standard InChI is InChI=1S/C19H19F3N4O2/c20-19(21,22)28-16-7-3-6-15(10-16)25-18(23)24-11-17(27)26-9-8-13-4-1-2-5-14(13)12-26/h1-7,10H,8-9,11-12H2,(H3,23,24,25). The maximum Gasteiger partial charge on any atom is 0.573 e. The predicted molar refractivity (Wildman–Crippen MR) is 98.8 cm³/mol. The van der Waals surface area contributed by atoms with Gasteiger partial charge in [0.25, 0.3) is 0 Å². The minimum atomic E-state index is -4.78. The van der Waals surface area contributed by atoms with Gasteiger partial charge in [-0.3, -0.25) is 4.79 Å². The first-order chi connectivity index (χ1) is 13.3. The van der Waals surface area contributed by atoms with Gasteiger partial charge in [-0.25, -0.2) is 4.99 Å². The normalized spacial score (nSPS) is 14.4. The number of rotatable bonds is 4. The Bertz CT molecular complexity index is 883. The van der Waals surface area contributed by atoms with Gasteiger partial charge in [-0.1, -0.05) is 30.3 Å². The second-order valence-corrected chi connectivity index (χ2v) is 6.24. The maximum atomic E-state index is 12.4. The molecule has 0 saturated carbocycles. The number of halogens is 3. The van der Waals surface area contributed by atoms with E-state index in [1.54, 1.807) is 4.90 Å². The van der Waals surface area contributed by atoms with Gasteiger partial charge in [0.15, 0.2) is 5.96 Å². The number of amides is 1. The van der Waals surface area contributed by atoms with Gasteiger partial charge in [0.05, 0.1) is 0 Å². The number of benzene rings is 2. The van der Waals surface area contributed by atoms with E-state index in [9.17, 15) is 18.0 Å². The van der Waals surface area contributed by atoms with Crippen LogP contribution >= 0.6 is 0 Å². The van der Waals surface area contributed by atoms with Gasteiger partial charge in [-0.15, -0.1) is 13.2 Å². The van der Waals surface area contributed by atoms with E-state index in [2.05, 4.69) is 15.0 Å². The van der Waals surface area contributed by atoms with Gasteiger partial charge < -0.3 is 20.7 Å². The minimum absolute atomic E-state index is 0.0741. The first-order valence-corrected chi connectivity index (χ1v) is 8.57. The van der Waals surface area contributed by atoms with Crippen LogP contribution in [-0.4, -0.2) is 36.2 Å². The molecular formula is C19H19F3N4O2. The van der Waals surface area contributed by atoms with Crippen molar-refractivity contribution < 1.29 is 22.7 Å². The smallest absolute Gasteiger partial charge is 0.406 e. The third kappa shape index (κ3) is 5.38. The molecule has 2 aromatic carbocycles. The number of hydrogen-bond acceptors (Lipinski definition) is 3. The van der Waals surface area contributed by atoms with Crippen molar-refractivity contribution in [2.45, 2.75) is 19.3 Å². The molecule has 0 unspecified atom stereocenters. The van der Waals surface area contributed by atoms with E-state index in [-0.39, 0.29) is 29.8 Å². The predicted octanol–water partition coefficient (Wildman–Crippen LogP) is 2.90. The number of nitrogens with zero attached hydrogens (tertiary/aromatic N) is 2. The second kappa shape index (κ2) is 8.20. The topological polar surface area (TPSA) is 80.0 Å². The van der Waals surface area contributed by atoms with Crippen molar-refractivity contribution in [2.75, 3.05) is 18.4 Å². The van der Waals surface area contributed by atoms with Crippen molar-refractivity contribution >= 4 is 17.6 Å². The first kappa shape index (κ1) is 19.5. The summed E-state index contributed by atoms with van der Waals surface area (Å²) in [5.74, 6) is -0.628. The monoisotopic (exact) mass is 392 g/mol. The third-order valence-corrected chi connectivity index (χ3v) is 4.21. The van der Waals surface area contributed by atoms with E-state index in [1.807, 2.05) is 24.3 Å². The fraction of sp³-hybridized carbons (Fsp3) is 0.263. The lowest BCUT2D eigenvalue weighted by Crippen LogP contribution is -2.38. The fourth-order valence-electron chi connectivity index (χ4n) is 2.92. The zero-order valence-corrected chi connectivity index (χ0v) is 14.9. The van der Waals surface area contributed by atoms with Gasteiger partial charge >= 0.3 is 6.36 Å². The van der Waals surface area contributed by atoms with Crippen molar-refractivity contribution in [3.05, 3.63) is 59.7 Å². The Morgan fingerprint density at radius 2 is 1.93 bits per heavy atom. The van der Waals surface area contributed by atoms with E-state index in [1.165, 1.54) is 23.8 Å². The number of alkyl halides is 3. The van der Waals surface area contributed by atoms with E-state index in [0.717, 1.165) is 18.1 Å². The van der Waals surface area contributed by atoms with Crippen LogP contribution in [0.3, 0.4) is 0 Å². The molecule has 2 aromatic rings. The summed E-state index contributed by atoms with van der Waals surface area (Å²) in [4.78, 5) is 18.1. The Kier molecular flexibility index (Phi) is 5.72. The molecule has 0 aliphatic carbocycles. The lowest BCUT2D eigenvalue weighted by molar-refractivity contribution is -0.274. The molecule has 9 heteroatoms. The molecule has 1 aliphatic heterocycles. The number of carbonyl (C=O) groups excluding carboxylic acids is 1. The molecule has 148 valence electrons. The molecule has 28 heavy (non-hydrogen) atoms. The van der Waals surface area contributed by atoms with Crippen LogP contribution in [0, 0.1) is 0 Å². The number of nitrogens with one attached hydrogen (secondary N) is 1. The quantitative estimate of drug-likeness (QED) is 0.619. The number of carbonyl (C=O) groups is 1. The van der Waals surface area contributed by atoms with E-state index >= 15 is 0 Å². The minimum Gasteiger partial charge on any atom is -0.406 e. The molecule has 0 radical (unpaired) electrons. The van der Waals surface area contributed by atoms with Gasteiger partial charge in [0.1, 0.15) is 12.3 Å². The number of ether oxygens (including phenoxy) is 1. The molecule has 3 rings (SSSR count). The van der Waals surface area contributed by atoms with Gasteiger partial charge in [0.2, 0.25) is 5.91 Å². The molecule has 0 saturated heterocycles. The number of aliphatic imine (C=N–C) groups is 1. The number of guanidine groups is 1. The van der Waals surface area contributed by atoms with Crippen molar-refractivity contribution in [3.8, 4) is 5.75 Å². The van der Waals surface area contributed by atoms with Crippen LogP contribution < -0.4 is 15.8 Å². The van der Waals surface area contributed by atoms with Gasteiger partial charge in [-0.2, -0.15) is 0 Å². The molecule has 0 fully saturated rings. The molecule has 3 N–H and O–H groups in total. The molecule has 0 aromatic heterocycles. The SMILES string of the molecule is NC(=NCC(=O)N1CCc2ccccc2C1)Nc1cccc(OC(F)(F)F)c1. The summed E-state index contributed by atoms with van der Waals surface area (Å²) in [6.45, 7) is 0.976. The number of hydrogen-bond donors (Lipinski definition) is 2. The largest absolute Gasteiger partial charge is 0.573 e. The van der Waals surface area contributed by atoms with Crippen LogP contribution in [0.4, 0.5) is 18.9 Å². The Morgan fingerprint density at radius 1 is 1.18 bits per heavy atom. The molecule has 0 bridgehead atoms. The van der Waals surface area contributed by atoms with Crippen LogP contribution in [0.1, 0.15) is 11.1 Å². The van der Waals surface area contributed by atoms with Crippen LogP contribution in [0.2, 0.25) is 0 Å². The lowest BCUT2D eigenvalue weighted by atomic mass is 10.00. The summed E-state index contributed by atoms with van der Waals surface area (Å²) >= 11 is 0. The van der Waals surface area contributed by atoms with E-state index < -0.39 is 6.36 Å². The number of nitrogens with two attached hydrogens (primary N) is 1. The third-order valence-electron chi connectivity index (χ3n) is 4.21. The first-order valence-electron chi connectivity index (χ1n) is 8.57. The van der Waals surface area contributed by atoms with Gasteiger partial charge in [0, 0.05) is 24.8 Å². The Morgan fingerprint density at radius 3 is 2.68 bits per heavy atom. The number of fused-ring (bicyclic) bond motifs is 1. The van der Waals surface area contributed by atoms with Crippen molar-refractivity contribution in [3.63, 3.8) is 0 Å². The summed E-state index contributed by atoms with van der Waals surface area (Å²) in [7, 11) is 0. The average Bonchev–Trinajstić information content (AvgIpc) is 2.64. The van der Waals surface area contributed by atoms with Crippen LogP contribution in [0.5, 0.6) is 5.75 Å². The van der Waals surface area contributed by atoms with Crippen LogP contribution in [0.15, 0.2) is 53.5 Å². The fourth-order valence-corrected chi connectivity index (χ4v) is 2.92. The molecule has 1 heterocycles. The van der Waals surface area contributed by atoms with Crippen molar-refractivity contribution in [1.29, 1.82) is 0 Å². The summed E-state index contributed by atoms with van der Waals surface area (Å²) in [5, 5.41) is 2.65. The van der Waals surface area contributed by atoms with Crippen LogP contribution in [-0.2, 0) is 17.8 Å².